The Morgan fingerprint density at radius 2 is 1.93 bits per heavy atom. The fourth-order valence-electron chi connectivity index (χ4n) is 3.01. The van der Waals surface area contributed by atoms with Gasteiger partial charge in [-0.25, -0.2) is 12.8 Å². The zero-order chi connectivity index (χ0) is 19.4. The average molecular weight is 391 g/mol. The highest BCUT2D eigenvalue weighted by Gasteiger charge is 2.18. The number of fused-ring (bicyclic) bond motifs is 1. The molecule has 27 heavy (non-hydrogen) atoms. The van der Waals surface area contributed by atoms with Crippen LogP contribution in [0.5, 0.6) is 0 Å². The van der Waals surface area contributed by atoms with Gasteiger partial charge < -0.3 is 10.6 Å². The Morgan fingerprint density at radius 3 is 2.63 bits per heavy atom. The minimum atomic E-state index is -3.39. The summed E-state index contributed by atoms with van der Waals surface area (Å²) in [6.07, 6.45) is 1.09. The van der Waals surface area contributed by atoms with Crippen molar-refractivity contribution in [2.75, 3.05) is 22.3 Å². The van der Waals surface area contributed by atoms with Crippen molar-refractivity contribution in [1.82, 2.24) is 5.32 Å². The summed E-state index contributed by atoms with van der Waals surface area (Å²) >= 11 is 0. The summed E-state index contributed by atoms with van der Waals surface area (Å²) in [4.78, 5) is 12.4. The van der Waals surface area contributed by atoms with Gasteiger partial charge in [-0.3, -0.25) is 9.52 Å². The molecular weight excluding hydrogens is 369 g/mol. The molecule has 1 amide bonds. The third-order valence-electron chi connectivity index (χ3n) is 4.35. The van der Waals surface area contributed by atoms with E-state index >= 15 is 0 Å². The topological polar surface area (TPSA) is 87.3 Å². The SMILES string of the molecule is CCCS(=O)(=O)Nc1ccc(C(=O)Nc2ccc3c(c2F)CCNC3)cc1. The lowest BCUT2D eigenvalue weighted by Crippen LogP contribution is -2.25. The molecule has 0 aromatic heterocycles. The smallest absolute Gasteiger partial charge is 0.255 e. The molecule has 144 valence electrons. The first-order valence-corrected chi connectivity index (χ1v) is 10.5. The summed E-state index contributed by atoms with van der Waals surface area (Å²) in [6, 6.07) is 9.39. The number of hydrogen-bond donors (Lipinski definition) is 3. The van der Waals surface area contributed by atoms with Gasteiger partial charge in [0, 0.05) is 17.8 Å². The Bertz CT molecular complexity index is 943. The Morgan fingerprint density at radius 1 is 1.19 bits per heavy atom. The second-order valence-electron chi connectivity index (χ2n) is 6.44. The van der Waals surface area contributed by atoms with Crippen molar-refractivity contribution < 1.29 is 17.6 Å². The summed E-state index contributed by atoms with van der Waals surface area (Å²) in [5, 5.41) is 5.77. The molecule has 0 saturated carbocycles. The van der Waals surface area contributed by atoms with Crippen LogP contribution in [0.3, 0.4) is 0 Å². The number of hydrogen-bond acceptors (Lipinski definition) is 4. The molecule has 3 rings (SSSR count). The second-order valence-corrected chi connectivity index (χ2v) is 8.29. The lowest BCUT2D eigenvalue weighted by molar-refractivity contribution is 0.102. The lowest BCUT2D eigenvalue weighted by atomic mass is 9.99. The number of nitrogens with one attached hydrogen (secondary N) is 3. The predicted octanol–water partition coefficient (Wildman–Crippen LogP) is 2.88. The van der Waals surface area contributed by atoms with Gasteiger partial charge in [0.25, 0.3) is 5.91 Å². The summed E-state index contributed by atoms with van der Waals surface area (Å²) in [5.74, 6) is -0.820. The highest BCUT2D eigenvalue weighted by atomic mass is 32.2. The third-order valence-corrected chi connectivity index (χ3v) is 5.84. The molecule has 1 aliphatic heterocycles. The molecule has 0 radical (unpaired) electrons. The number of sulfonamides is 1. The van der Waals surface area contributed by atoms with E-state index in [1.807, 2.05) is 6.07 Å². The molecule has 1 aliphatic rings. The first-order chi connectivity index (χ1) is 12.9. The molecule has 0 spiro atoms. The van der Waals surface area contributed by atoms with Crippen molar-refractivity contribution in [2.24, 2.45) is 0 Å². The molecule has 0 fully saturated rings. The van der Waals surface area contributed by atoms with E-state index in [9.17, 15) is 17.6 Å². The van der Waals surface area contributed by atoms with Gasteiger partial charge in [-0.1, -0.05) is 13.0 Å². The van der Waals surface area contributed by atoms with Crippen LogP contribution in [0.4, 0.5) is 15.8 Å². The highest BCUT2D eigenvalue weighted by Crippen LogP contribution is 2.25. The van der Waals surface area contributed by atoms with Crippen LogP contribution in [0.15, 0.2) is 36.4 Å². The molecule has 0 bridgehead atoms. The van der Waals surface area contributed by atoms with E-state index < -0.39 is 21.7 Å². The molecule has 0 atom stereocenters. The van der Waals surface area contributed by atoms with E-state index in [0.29, 0.717) is 42.7 Å². The fourth-order valence-corrected chi connectivity index (χ4v) is 4.15. The van der Waals surface area contributed by atoms with E-state index in [-0.39, 0.29) is 11.4 Å². The summed E-state index contributed by atoms with van der Waals surface area (Å²) in [6.45, 7) is 3.11. The Labute approximate surface area is 158 Å². The molecule has 2 aromatic rings. The van der Waals surface area contributed by atoms with Gasteiger partial charge in [-0.15, -0.1) is 0 Å². The minimum absolute atomic E-state index is 0.0301. The Hall–Kier alpha value is -2.45. The second kappa shape index (κ2) is 8.06. The van der Waals surface area contributed by atoms with E-state index in [1.165, 1.54) is 24.3 Å². The first kappa shape index (κ1) is 19.3. The number of halogens is 1. The van der Waals surface area contributed by atoms with Crippen LogP contribution in [0, 0.1) is 5.82 Å². The molecule has 3 N–H and O–H groups in total. The molecule has 0 aliphatic carbocycles. The molecule has 8 heteroatoms. The monoisotopic (exact) mass is 391 g/mol. The van der Waals surface area contributed by atoms with Gasteiger partial charge in [0.1, 0.15) is 5.82 Å². The Balaban J connectivity index is 1.72. The van der Waals surface area contributed by atoms with E-state index in [2.05, 4.69) is 15.4 Å². The van der Waals surface area contributed by atoms with Crippen LogP contribution in [-0.4, -0.2) is 26.6 Å². The van der Waals surface area contributed by atoms with Crippen LogP contribution in [0.2, 0.25) is 0 Å². The van der Waals surface area contributed by atoms with Crippen molar-refractivity contribution in [1.29, 1.82) is 0 Å². The van der Waals surface area contributed by atoms with Crippen molar-refractivity contribution in [3.8, 4) is 0 Å². The predicted molar refractivity (Wildman–Crippen MR) is 104 cm³/mol. The summed E-state index contributed by atoms with van der Waals surface area (Å²) in [5.41, 5.74) is 2.38. The largest absolute Gasteiger partial charge is 0.319 e. The average Bonchev–Trinajstić information content (AvgIpc) is 2.64. The molecule has 6 nitrogen and oxygen atoms in total. The third kappa shape index (κ3) is 4.64. The van der Waals surface area contributed by atoms with Gasteiger partial charge in [-0.05, 0) is 60.8 Å². The van der Waals surface area contributed by atoms with Crippen LogP contribution >= 0.6 is 0 Å². The van der Waals surface area contributed by atoms with Gasteiger partial charge in [0.2, 0.25) is 10.0 Å². The maximum Gasteiger partial charge on any atom is 0.255 e. The Kier molecular flexibility index (Phi) is 5.76. The molecule has 0 unspecified atom stereocenters. The van der Waals surface area contributed by atoms with E-state index in [4.69, 9.17) is 0 Å². The number of benzene rings is 2. The molecule has 0 saturated heterocycles. The molecular formula is C19H22FN3O3S. The van der Waals surface area contributed by atoms with Crippen molar-refractivity contribution in [2.45, 2.75) is 26.3 Å². The first-order valence-electron chi connectivity index (χ1n) is 8.82. The zero-order valence-corrected chi connectivity index (χ0v) is 15.8. The van der Waals surface area contributed by atoms with Gasteiger partial charge >= 0.3 is 0 Å². The number of rotatable bonds is 6. The number of amides is 1. The maximum absolute atomic E-state index is 14.6. The van der Waals surface area contributed by atoms with Gasteiger partial charge in [0.15, 0.2) is 0 Å². The van der Waals surface area contributed by atoms with E-state index in [1.54, 1.807) is 13.0 Å². The van der Waals surface area contributed by atoms with Crippen molar-refractivity contribution >= 4 is 27.3 Å². The zero-order valence-electron chi connectivity index (χ0n) is 15.0. The van der Waals surface area contributed by atoms with Crippen molar-refractivity contribution in [3.05, 3.63) is 58.9 Å². The molecule has 2 aromatic carbocycles. The summed E-state index contributed by atoms with van der Waals surface area (Å²) in [7, 11) is -3.39. The fraction of sp³-hybridized carbons (Fsp3) is 0.316. The quantitative estimate of drug-likeness (QED) is 0.707. The standard InChI is InChI=1S/C19H22FN3O3S/c1-2-11-27(25,26)23-15-6-3-13(4-7-15)19(24)22-17-8-5-14-12-21-10-9-16(14)18(17)20/h3-8,21,23H,2,9-12H2,1H3,(H,22,24). The lowest BCUT2D eigenvalue weighted by Gasteiger charge is -2.19. The van der Waals surface area contributed by atoms with Gasteiger partial charge in [0.05, 0.1) is 11.4 Å². The van der Waals surface area contributed by atoms with E-state index in [0.717, 1.165) is 5.56 Å². The highest BCUT2D eigenvalue weighted by molar-refractivity contribution is 7.92. The normalized spacial score (nSPS) is 13.7. The number of carbonyl (C=O) groups is 1. The van der Waals surface area contributed by atoms with Gasteiger partial charge in [-0.2, -0.15) is 0 Å². The van der Waals surface area contributed by atoms with Crippen LogP contribution in [-0.2, 0) is 23.0 Å². The minimum Gasteiger partial charge on any atom is -0.319 e. The maximum atomic E-state index is 14.6. The molecule has 1 heterocycles. The van der Waals surface area contributed by atoms with Crippen LogP contribution in [0.1, 0.15) is 34.8 Å². The van der Waals surface area contributed by atoms with Crippen molar-refractivity contribution in [3.63, 3.8) is 0 Å². The van der Waals surface area contributed by atoms with Crippen LogP contribution in [0.25, 0.3) is 0 Å². The number of carbonyl (C=O) groups excluding carboxylic acids is 1. The summed E-state index contributed by atoms with van der Waals surface area (Å²) < 4.78 is 40.6. The van der Waals surface area contributed by atoms with Crippen LogP contribution < -0.4 is 15.4 Å². The number of anilines is 2.